The summed E-state index contributed by atoms with van der Waals surface area (Å²) in [6.07, 6.45) is 0. The van der Waals surface area contributed by atoms with Gasteiger partial charge in [0.15, 0.2) is 34.6 Å². The Morgan fingerprint density at radius 3 is 2.26 bits per heavy atom. The molecule has 0 saturated heterocycles. The zero-order valence-corrected chi connectivity index (χ0v) is 17.8. The van der Waals surface area contributed by atoms with Gasteiger partial charge in [-0.05, 0) is 30.3 Å². The maximum absolute atomic E-state index is 14.0. The highest BCUT2D eigenvalue weighted by Gasteiger charge is 2.26. The van der Waals surface area contributed by atoms with Crippen molar-refractivity contribution in [2.75, 3.05) is 7.11 Å². The predicted molar refractivity (Wildman–Crippen MR) is 115 cm³/mol. The minimum absolute atomic E-state index is 0.0187. The van der Waals surface area contributed by atoms with E-state index in [1.54, 1.807) is 24.3 Å². The van der Waals surface area contributed by atoms with Crippen LogP contribution < -0.4 is 15.1 Å². The van der Waals surface area contributed by atoms with Crippen molar-refractivity contribution < 1.29 is 40.3 Å². The van der Waals surface area contributed by atoms with Crippen molar-refractivity contribution >= 4 is 21.9 Å². The quantitative estimate of drug-likeness (QED) is 0.123. The molecule has 0 atom stereocenters. The zero-order valence-electron chi connectivity index (χ0n) is 17.8. The minimum Gasteiger partial charge on any atom is -0.493 e. The molecule has 5 aromatic rings. The largest absolute Gasteiger partial charge is 0.493 e. The first-order valence-electron chi connectivity index (χ1n) is 10.1. The maximum atomic E-state index is 14.0. The SMILES string of the molecule is COc1cccc2cc(-c3cc(=O)oc4ccc(OCc5c(F)c(F)c(F)c(F)c5F)cc34)oc12. The summed E-state index contributed by atoms with van der Waals surface area (Å²) in [5.74, 6) is -9.54. The Labute approximate surface area is 192 Å². The van der Waals surface area contributed by atoms with Gasteiger partial charge >= 0.3 is 5.63 Å². The summed E-state index contributed by atoms with van der Waals surface area (Å²) in [7, 11) is 1.48. The van der Waals surface area contributed by atoms with Crippen LogP contribution >= 0.6 is 0 Å². The first-order chi connectivity index (χ1) is 16.8. The fraction of sp³-hybridized carbons (Fsp3) is 0.0800. The second-order valence-electron chi connectivity index (χ2n) is 7.46. The van der Waals surface area contributed by atoms with E-state index >= 15 is 0 Å². The molecule has 0 aliphatic rings. The molecule has 10 heteroatoms. The first kappa shape index (κ1) is 22.5. The second-order valence-corrected chi connectivity index (χ2v) is 7.46. The third-order valence-electron chi connectivity index (χ3n) is 5.39. The van der Waals surface area contributed by atoms with Gasteiger partial charge in [-0.25, -0.2) is 26.7 Å². The van der Waals surface area contributed by atoms with E-state index in [1.807, 2.05) is 0 Å². The summed E-state index contributed by atoms with van der Waals surface area (Å²) in [5.41, 5.74) is -0.842. The number of hydrogen-bond donors (Lipinski definition) is 0. The molecule has 0 saturated carbocycles. The van der Waals surface area contributed by atoms with E-state index < -0.39 is 46.9 Å². The summed E-state index contributed by atoms with van der Waals surface area (Å²) >= 11 is 0. The fourth-order valence-electron chi connectivity index (χ4n) is 3.70. The Morgan fingerprint density at radius 1 is 0.829 bits per heavy atom. The first-order valence-corrected chi connectivity index (χ1v) is 10.1. The van der Waals surface area contributed by atoms with Crippen LogP contribution in [-0.2, 0) is 6.61 Å². The molecule has 5 nitrogen and oxygen atoms in total. The van der Waals surface area contributed by atoms with Gasteiger partial charge in [0.25, 0.3) is 0 Å². The number of halogens is 5. The molecule has 2 heterocycles. The molecule has 0 unspecified atom stereocenters. The lowest BCUT2D eigenvalue weighted by atomic mass is 10.1. The number of para-hydroxylation sites is 1. The second kappa shape index (κ2) is 8.46. The van der Waals surface area contributed by atoms with Crippen LogP contribution in [0.2, 0.25) is 0 Å². The van der Waals surface area contributed by atoms with E-state index in [0.717, 1.165) is 0 Å². The molecule has 0 N–H and O–H groups in total. The maximum Gasteiger partial charge on any atom is 0.336 e. The van der Waals surface area contributed by atoms with Crippen molar-refractivity contribution in [3.05, 3.63) is 93.6 Å². The molecular weight excluding hydrogens is 475 g/mol. The Hall–Kier alpha value is -4.34. The van der Waals surface area contributed by atoms with Crippen molar-refractivity contribution in [3.8, 4) is 22.8 Å². The van der Waals surface area contributed by atoms with Gasteiger partial charge in [-0.3, -0.25) is 0 Å². The van der Waals surface area contributed by atoms with Gasteiger partial charge in [-0.15, -0.1) is 0 Å². The molecule has 0 aliphatic carbocycles. The highest BCUT2D eigenvalue weighted by Crippen LogP contribution is 2.37. The van der Waals surface area contributed by atoms with Gasteiger partial charge in [-0.2, -0.15) is 0 Å². The number of benzene rings is 3. The summed E-state index contributed by atoms with van der Waals surface area (Å²) < 4.78 is 89.9. The van der Waals surface area contributed by atoms with Crippen molar-refractivity contribution in [3.63, 3.8) is 0 Å². The van der Waals surface area contributed by atoms with Crippen LogP contribution in [0.4, 0.5) is 22.0 Å². The van der Waals surface area contributed by atoms with Crippen LogP contribution in [0, 0.1) is 29.1 Å². The lowest BCUT2D eigenvalue weighted by Crippen LogP contribution is -2.09. The molecule has 5 rings (SSSR count). The van der Waals surface area contributed by atoms with Crippen molar-refractivity contribution in [2.24, 2.45) is 0 Å². The van der Waals surface area contributed by atoms with Crippen LogP contribution in [0.1, 0.15) is 5.56 Å². The number of fused-ring (bicyclic) bond motifs is 2. The van der Waals surface area contributed by atoms with E-state index in [4.69, 9.17) is 18.3 Å². The van der Waals surface area contributed by atoms with Crippen molar-refractivity contribution in [1.82, 2.24) is 0 Å². The molecule has 0 radical (unpaired) electrons. The van der Waals surface area contributed by atoms with E-state index in [0.29, 0.717) is 33.4 Å². The van der Waals surface area contributed by atoms with Gasteiger partial charge in [0, 0.05) is 22.4 Å². The molecule has 0 amide bonds. The summed E-state index contributed by atoms with van der Waals surface area (Å²) in [5, 5.41) is 1.05. The number of rotatable bonds is 5. The van der Waals surface area contributed by atoms with Crippen LogP contribution in [0.15, 0.2) is 62.2 Å². The predicted octanol–water partition coefficient (Wildman–Crippen LogP) is 6.49. The standard InChI is InChI=1S/C25H13F5O5/c1-32-17-4-2-3-11-7-18(35-25(11)17)14-9-19(31)34-16-6-5-12(8-13(14)16)33-10-15-20(26)22(28)24(30)23(29)21(15)27/h2-9H,10H2,1H3. The highest BCUT2D eigenvalue weighted by atomic mass is 19.2. The summed E-state index contributed by atoms with van der Waals surface area (Å²) in [6, 6.07) is 12.2. The number of methoxy groups -OCH3 is 1. The molecule has 2 aromatic heterocycles. The third-order valence-corrected chi connectivity index (χ3v) is 5.39. The van der Waals surface area contributed by atoms with Gasteiger partial charge < -0.3 is 18.3 Å². The van der Waals surface area contributed by atoms with Crippen molar-refractivity contribution in [1.29, 1.82) is 0 Å². The van der Waals surface area contributed by atoms with Crippen LogP contribution in [0.5, 0.6) is 11.5 Å². The summed E-state index contributed by atoms with van der Waals surface area (Å²) in [6.45, 7) is -0.939. The Kier molecular flexibility index (Phi) is 5.43. The van der Waals surface area contributed by atoms with Crippen molar-refractivity contribution in [2.45, 2.75) is 6.61 Å². The van der Waals surface area contributed by atoms with Gasteiger partial charge in [0.1, 0.15) is 23.7 Å². The van der Waals surface area contributed by atoms with Gasteiger partial charge in [0.05, 0.1) is 12.7 Å². The smallest absolute Gasteiger partial charge is 0.336 e. The fourth-order valence-corrected chi connectivity index (χ4v) is 3.70. The number of hydrogen-bond acceptors (Lipinski definition) is 5. The van der Waals surface area contributed by atoms with Crippen LogP contribution in [0.25, 0.3) is 33.3 Å². The molecule has 3 aromatic carbocycles. The molecule has 0 spiro atoms. The molecule has 178 valence electrons. The lowest BCUT2D eigenvalue weighted by Gasteiger charge is -2.11. The molecule has 35 heavy (non-hydrogen) atoms. The van der Waals surface area contributed by atoms with Crippen LogP contribution in [-0.4, -0.2) is 7.11 Å². The third kappa shape index (κ3) is 3.76. The number of furan rings is 1. The highest BCUT2D eigenvalue weighted by molar-refractivity contribution is 5.96. The monoisotopic (exact) mass is 488 g/mol. The Balaban J connectivity index is 1.57. The van der Waals surface area contributed by atoms with E-state index in [9.17, 15) is 26.7 Å². The van der Waals surface area contributed by atoms with Crippen LogP contribution in [0.3, 0.4) is 0 Å². The Morgan fingerprint density at radius 2 is 1.54 bits per heavy atom. The van der Waals surface area contributed by atoms with Gasteiger partial charge in [0.2, 0.25) is 5.82 Å². The molecule has 0 fully saturated rings. The zero-order chi connectivity index (χ0) is 24.9. The average molecular weight is 488 g/mol. The average Bonchev–Trinajstić information content (AvgIpc) is 3.30. The molecule has 0 aliphatic heterocycles. The Bertz CT molecular complexity index is 1640. The van der Waals surface area contributed by atoms with Gasteiger partial charge in [-0.1, -0.05) is 12.1 Å². The lowest BCUT2D eigenvalue weighted by molar-refractivity contribution is 0.279. The topological polar surface area (TPSA) is 61.8 Å². The normalized spacial score (nSPS) is 11.4. The summed E-state index contributed by atoms with van der Waals surface area (Å²) in [4.78, 5) is 12.1. The van der Waals surface area contributed by atoms with E-state index in [1.165, 1.54) is 31.4 Å². The van der Waals surface area contributed by atoms with E-state index in [2.05, 4.69) is 0 Å². The molecule has 0 bridgehead atoms. The van der Waals surface area contributed by atoms with E-state index in [-0.39, 0.29) is 11.3 Å². The molecular formula is C25H13F5O5. The minimum atomic E-state index is -2.25. The number of ether oxygens (including phenoxy) is 2.